The predicted octanol–water partition coefficient (Wildman–Crippen LogP) is 4.82. The van der Waals surface area contributed by atoms with E-state index in [1.54, 1.807) is 36.4 Å². The van der Waals surface area contributed by atoms with Crippen molar-refractivity contribution < 1.29 is 8.83 Å². The van der Waals surface area contributed by atoms with Crippen molar-refractivity contribution in [3.05, 3.63) is 80.1 Å². The molecular formula is C22H14O4. The second-order valence-corrected chi connectivity index (χ2v) is 6.68. The molecule has 3 aromatic carbocycles. The Kier molecular flexibility index (Phi) is 2.89. The molecule has 0 spiro atoms. The number of rotatable bonds is 0. The number of hydrogen-bond acceptors (Lipinski definition) is 4. The van der Waals surface area contributed by atoms with Gasteiger partial charge in [-0.05, 0) is 50.2 Å². The Morgan fingerprint density at radius 2 is 1.19 bits per heavy atom. The Hall–Kier alpha value is -3.40. The Balaban J connectivity index is 2.08. The molecule has 0 amide bonds. The highest BCUT2D eigenvalue weighted by Gasteiger charge is 2.16. The number of aryl methyl sites for hydroxylation is 2. The van der Waals surface area contributed by atoms with E-state index in [4.69, 9.17) is 8.83 Å². The van der Waals surface area contributed by atoms with Crippen molar-refractivity contribution in [1.82, 2.24) is 0 Å². The second-order valence-electron chi connectivity index (χ2n) is 6.68. The number of hydrogen-bond donors (Lipinski definition) is 0. The first kappa shape index (κ1) is 14.9. The van der Waals surface area contributed by atoms with Gasteiger partial charge in [0, 0.05) is 0 Å². The van der Waals surface area contributed by atoms with E-state index in [1.165, 1.54) is 0 Å². The average Bonchev–Trinajstić information content (AvgIpc) is 2.63. The van der Waals surface area contributed by atoms with Crippen LogP contribution in [0.5, 0.6) is 0 Å². The van der Waals surface area contributed by atoms with Crippen LogP contribution in [0, 0.1) is 13.8 Å². The largest absolute Gasteiger partial charge is 0.456 e. The second kappa shape index (κ2) is 5.05. The van der Waals surface area contributed by atoms with Crippen molar-refractivity contribution in [1.29, 1.82) is 0 Å². The molecule has 0 aliphatic rings. The molecule has 5 rings (SSSR count). The highest BCUT2D eigenvalue weighted by Crippen LogP contribution is 2.27. The fraction of sp³-hybridized carbons (Fsp3) is 0.0909. The molecule has 126 valence electrons. The van der Waals surface area contributed by atoms with Crippen LogP contribution < -0.4 is 10.9 Å². The van der Waals surface area contributed by atoms with Crippen LogP contribution in [0.25, 0.3) is 43.9 Å². The first-order valence-corrected chi connectivity index (χ1v) is 8.36. The molecule has 4 heteroatoms. The highest BCUT2D eigenvalue weighted by molar-refractivity contribution is 6.07. The molecule has 0 N–H and O–H groups in total. The Morgan fingerprint density at radius 3 is 1.88 bits per heavy atom. The van der Waals surface area contributed by atoms with Crippen molar-refractivity contribution in [3.8, 4) is 0 Å². The summed E-state index contributed by atoms with van der Waals surface area (Å²) < 4.78 is 11.9. The average molecular weight is 342 g/mol. The third-order valence-electron chi connectivity index (χ3n) is 4.78. The van der Waals surface area contributed by atoms with Gasteiger partial charge in [-0.3, -0.25) is 9.59 Å². The summed E-state index contributed by atoms with van der Waals surface area (Å²) in [5.74, 6) is 0. The van der Waals surface area contributed by atoms with Crippen LogP contribution in [0.15, 0.2) is 67.0 Å². The van der Waals surface area contributed by atoms with Crippen LogP contribution in [0.2, 0.25) is 0 Å². The van der Waals surface area contributed by atoms with Gasteiger partial charge in [-0.15, -0.1) is 0 Å². The third kappa shape index (κ3) is 1.96. The van der Waals surface area contributed by atoms with Crippen LogP contribution in [0.3, 0.4) is 0 Å². The summed E-state index contributed by atoms with van der Waals surface area (Å²) in [6.45, 7) is 3.84. The molecule has 5 aromatic rings. The zero-order chi connectivity index (χ0) is 18.0. The normalized spacial score (nSPS) is 11.8. The lowest BCUT2D eigenvalue weighted by molar-refractivity contribution is 0.649. The van der Waals surface area contributed by atoms with Crippen LogP contribution in [-0.2, 0) is 0 Å². The van der Waals surface area contributed by atoms with Crippen molar-refractivity contribution in [2.24, 2.45) is 0 Å². The van der Waals surface area contributed by atoms with Crippen LogP contribution in [0.4, 0.5) is 0 Å². The van der Waals surface area contributed by atoms with Gasteiger partial charge in [-0.25, -0.2) is 0 Å². The summed E-state index contributed by atoms with van der Waals surface area (Å²) in [6.07, 6.45) is 0. The lowest BCUT2D eigenvalue weighted by atomic mass is 10.1. The predicted molar refractivity (Wildman–Crippen MR) is 103 cm³/mol. The molecule has 2 aromatic heterocycles. The number of benzene rings is 3. The molecule has 0 saturated carbocycles. The molecule has 0 unspecified atom stereocenters. The van der Waals surface area contributed by atoms with E-state index < -0.39 is 0 Å². The quantitative estimate of drug-likeness (QED) is 0.299. The molecule has 0 saturated heterocycles. The summed E-state index contributed by atoms with van der Waals surface area (Å²) in [5.41, 5.74) is 3.28. The minimum atomic E-state index is -0.190. The van der Waals surface area contributed by atoms with Crippen LogP contribution in [-0.4, -0.2) is 0 Å². The van der Waals surface area contributed by atoms with Gasteiger partial charge in [0.2, 0.25) is 10.9 Å². The lowest BCUT2D eigenvalue weighted by Gasteiger charge is -2.06. The summed E-state index contributed by atoms with van der Waals surface area (Å²) in [7, 11) is 0. The van der Waals surface area contributed by atoms with E-state index >= 15 is 0 Å². The fourth-order valence-electron chi connectivity index (χ4n) is 3.48. The first-order valence-electron chi connectivity index (χ1n) is 8.36. The van der Waals surface area contributed by atoms with Crippen LogP contribution >= 0.6 is 0 Å². The molecular weight excluding hydrogens is 328 g/mol. The standard InChI is InChI=1S/C22H14O4/c1-11-4-7-17-14(9-11)20(23)13-5-8-18-19(22(13)26-17)21(24)15-10-12(2)3-6-16(15)25-18/h3-10H,1-2H3. The van der Waals surface area contributed by atoms with E-state index in [1.807, 2.05) is 26.0 Å². The van der Waals surface area contributed by atoms with Gasteiger partial charge >= 0.3 is 0 Å². The first-order chi connectivity index (χ1) is 12.5. The fourth-order valence-corrected chi connectivity index (χ4v) is 3.48. The maximum atomic E-state index is 13.1. The van der Waals surface area contributed by atoms with Gasteiger partial charge in [-0.2, -0.15) is 0 Å². The molecule has 26 heavy (non-hydrogen) atoms. The third-order valence-corrected chi connectivity index (χ3v) is 4.78. The van der Waals surface area contributed by atoms with E-state index in [0.717, 1.165) is 11.1 Å². The topological polar surface area (TPSA) is 60.4 Å². The van der Waals surface area contributed by atoms with Gasteiger partial charge in [0.15, 0.2) is 5.58 Å². The Bertz CT molecular complexity index is 1490. The van der Waals surface area contributed by atoms with Crippen molar-refractivity contribution in [3.63, 3.8) is 0 Å². The SMILES string of the molecule is Cc1ccc2oc3c(ccc4oc5ccc(C)cc5c(=O)c43)c(=O)c2c1. The maximum Gasteiger partial charge on any atom is 0.204 e. The van der Waals surface area contributed by atoms with Gasteiger partial charge in [0.05, 0.1) is 16.2 Å². The van der Waals surface area contributed by atoms with E-state index in [9.17, 15) is 9.59 Å². The molecule has 0 bridgehead atoms. The van der Waals surface area contributed by atoms with Gasteiger partial charge < -0.3 is 8.83 Å². The molecule has 2 heterocycles. The van der Waals surface area contributed by atoms with Crippen molar-refractivity contribution >= 4 is 43.9 Å². The van der Waals surface area contributed by atoms with Crippen molar-refractivity contribution in [2.75, 3.05) is 0 Å². The van der Waals surface area contributed by atoms with Gasteiger partial charge in [-0.1, -0.05) is 23.3 Å². The molecule has 0 atom stereocenters. The minimum absolute atomic E-state index is 0.143. The van der Waals surface area contributed by atoms with E-state index in [0.29, 0.717) is 38.3 Å². The van der Waals surface area contributed by atoms with Crippen molar-refractivity contribution in [2.45, 2.75) is 13.8 Å². The molecule has 0 aliphatic carbocycles. The van der Waals surface area contributed by atoms with Gasteiger partial charge in [0.25, 0.3) is 0 Å². The van der Waals surface area contributed by atoms with Gasteiger partial charge in [0.1, 0.15) is 22.1 Å². The Morgan fingerprint density at radius 1 is 0.615 bits per heavy atom. The molecule has 0 radical (unpaired) electrons. The van der Waals surface area contributed by atoms with E-state index in [-0.39, 0.29) is 16.4 Å². The maximum absolute atomic E-state index is 13.1. The molecule has 4 nitrogen and oxygen atoms in total. The lowest BCUT2D eigenvalue weighted by Crippen LogP contribution is -2.07. The zero-order valence-electron chi connectivity index (χ0n) is 14.3. The summed E-state index contributed by atoms with van der Waals surface area (Å²) in [5, 5.41) is 1.68. The summed E-state index contributed by atoms with van der Waals surface area (Å²) in [4.78, 5) is 26.1. The monoisotopic (exact) mass is 342 g/mol. The smallest absolute Gasteiger partial charge is 0.204 e. The molecule has 0 aliphatic heterocycles. The highest BCUT2D eigenvalue weighted by atomic mass is 16.3. The van der Waals surface area contributed by atoms with E-state index in [2.05, 4.69) is 0 Å². The summed E-state index contributed by atoms with van der Waals surface area (Å²) in [6, 6.07) is 14.2. The Labute approximate surface area is 147 Å². The minimum Gasteiger partial charge on any atom is -0.456 e. The summed E-state index contributed by atoms with van der Waals surface area (Å²) >= 11 is 0. The molecule has 0 fully saturated rings. The zero-order valence-corrected chi connectivity index (χ0v) is 14.3. The number of fused-ring (bicyclic) bond motifs is 5. The van der Waals surface area contributed by atoms with Crippen LogP contribution in [0.1, 0.15) is 11.1 Å².